The van der Waals surface area contributed by atoms with Crippen molar-refractivity contribution in [1.82, 2.24) is 4.57 Å². The minimum atomic E-state index is 1.12. The quantitative estimate of drug-likeness (QED) is 0.195. The van der Waals surface area contributed by atoms with Gasteiger partial charge in [-0.1, -0.05) is 121 Å². The Bertz CT molecular complexity index is 2330. The van der Waals surface area contributed by atoms with Crippen LogP contribution < -0.4 is 4.90 Å². The van der Waals surface area contributed by atoms with E-state index in [4.69, 9.17) is 0 Å². The Hall–Kier alpha value is -6.12. The topological polar surface area (TPSA) is 8.17 Å². The van der Waals surface area contributed by atoms with Gasteiger partial charge < -0.3 is 9.47 Å². The van der Waals surface area contributed by atoms with Crippen LogP contribution in [0.25, 0.3) is 61.1 Å². The van der Waals surface area contributed by atoms with Gasteiger partial charge in [0.25, 0.3) is 0 Å². The van der Waals surface area contributed by atoms with Gasteiger partial charge in [-0.05, 0) is 93.5 Å². The molecule has 0 spiro atoms. The van der Waals surface area contributed by atoms with Crippen LogP contribution in [0, 0.1) is 0 Å². The number of anilines is 3. The molecule has 0 aliphatic heterocycles. The van der Waals surface area contributed by atoms with Crippen molar-refractivity contribution in [2.24, 2.45) is 0 Å². The lowest BCUT2D eigenvalue weighted by Gasteiger charge is -2.27. The van der Waals surface area contributed by atoms with Crippen LogP contribution in [-0.2, 0) is 0 Å². The van der Waals surface area contributed by atoms with Crippen LogP contribution in [0.15, 0.2) is 182 Å². The van der Waals surface area contributed by atoms with Crippen LogP contribution >= 0.6 is 0 Å². The van der Waals surface area contributed by atoms with E-state index in [1.54, 1.807) is 0 Å². The Balaban J connectivity index is 1.24. The van der Waals surface area contributed by atoms with Crippen molar-refractivity contribution < 1.29 is 0 Å². The van der Waals surface area contributed by atoms with Crippen molar-refractivity contribution in [3.63, 3.8) is 0 Å². The Morgan fingerprint density at radius 3 is 1.63 bits per heavy atom. The fourth-order valence-electron chi connectivity index (χ4n) is 7.06. The number of fused-ring (bicyclic) bond motifs is 5. The molecule has 0 bridgehead atoms. The molecule has 0 radical (unpaired) electrons. The smallest absolute Gasteiger partial charge is 0.0541 e. The van der Waals surface area contributed by atoms with Gasteiger partial charge in [-0.3, -0.25) is 0 Å². The first-order valence-electron chi connectivity index (χ1n) is 15.8. The molecular weight excluding hydrogens is 556 g/mol. The monoisotopic (exact) mass is 586 g/mol. The highest BCUT2D eigenvalue weighted by Gasteiger charge is 2.25. The summed E-state index contributed by atoms with van der Waals surface area (Å²) in [6.07, 6.45) is 2.32. The second kappa shape index (κ2) is 10.8. The maximum absolute atomic E-state index is 2.38. The number of aromatic nitrogens is 1. The summed E-state index contributed by atoms with van der Waals surface area (Å²) >= 11 is 0. The van der Waals surface area contributed by atoms with Crippen LogP contribution in [0.4, 0.5) is 17.1 Å². The SMILES string of the molecule is c1ccc(-c2ccc(N(c3ccccc3)c3ccc4c(c3)-c3ccccc3-c3cn(-c5ccccc5)c5cccc-4c35)cc2)cc1. The molecule has 1 aromatic heterocycles. The van der Waals surface area contributed by atoms with E-state index in [9.17, 15) is 0 Å². The Labute approximate surface area is 269 Å². The lowest BCUT2D eigenvalue weighted by atomic mass is 9.93. The molecule has 1 aliphatic rings. The van der Waals surface area contributed by atoms with Crippen molar-refractivity contribution in [1.29, 1.82) is 0 Å². The van der Waals surface area contributed by atoms with Crippen molar-refractivity contribution >= 4 is 28.0 Å². The minimum absolute atomic E-state index is 1.12. The van der Waals surface area contributed by atoms with Gasteiger partial charge in [0, 0.05) is 39.9 Å². The predicted octanol–water partition coefficient (Wildman–Crippen LogP) is 12.1. The molecule has 7 aromatic carbocycles. The molecule has 1 heterocycles. The van der Waals surface area contributed by atoms with E-state index in [1.165, 1.54) is 61.1 Å². The van der Waals surface area contributed by atoms with Gasteiger partial charge in [-0.25, -0.2) is 0 Å². The molecule has 2 heteroatoms. The van der Waals surface area contributed by atoms with Crippen LogP contribution in [0.3, 0.4) is 0 Å². The van der Waals surface area contributed by atoms with Crippen LogP contribution in [0.2, 0.25) is 0 Å². The summed E-state index contributed by atoms with van der Waals surface area (Å²) < 4.78 is 2.33. The van der Waals surface area contributed by atoms with E-state index in [0.717, 1.165) is 17.1 Å². The van der Waals surface area contributed by atoms with E-state index in [-0.39, 0.29) is 0 Å². The lowest BCUT2D eigenvalue weighted by molar-refractivity contribution is 1.13. The van der Waals surface area contributed by atoms with E-state index >= 15 is 0 Å². The highest BCUT2D eigenvalue weighted by Crippen LogP contribution is 2.50. The summed E-state index contributed by atoms with van der Waals surface area (Å²) in [5, 5.41) is 1.29. The van der Waals surface area contributed by atoms with Crippen molar-refractivity contribution in [2.75, 3.05) is 4.90 Å². The molecule has 0 atom stereocenters. The van der Waals surface area contributed by atoms with Gasteiger partial charge in [-0.2, -0.15) is 0 Å². The second-order valence-electron chi connectivity index (χ2n) is 11.8. The highest BCUT2D eigenvalue weighted by atomic mass is 15.1. The molecule has 9 rings (SSSR count). The Kier molecular flexibility index (Phi) is 6.17. The van der Waals surface area contributed by atoms with E-state index in [1.807, 2.05) is 0 Å². The Morgan fingerprint density at radius 2 is 0.891 bits per heavy atom. The third-order valence-corrected chi connectivity index (χ3v) is 9.17. The average molecular weight is 587 g/mol. The molecule has 8 aromatic rings. The van der Waals surface area contributed by atoms with Crippen LogP contribution in [0.5, 0.6) is 0 Å². The first kappa shape index (κ1) is 26.3. The number of rotatable bonds is 5. The summed E-state index contributed by atoms with van der Waals surface area (Å²) in [6.45, 7) is 0. The molecule has 216 valence electrons. The zero-order valence-corrected chi connectivity index (χ0v) is 25.2. The third kappa shape index (κ3) is 4.27. The van der Waals surface area contributed by atoms with Gasteiger partial charge in [0.1, 0.15) is 0 Å². The maximum atomic E-state index is 2.38. The van der Waals surface area contributed by atoms with Gasteiger partial charge in [0.05, 0.1) is 5.52 Å². The number of hydrogen-bond donors (Lipinski definition) is 0. The second-order valence-corrected chi connectivity index (χ2v) is 11.8. The molecule has 0 saturated carbocycles. The third-order valence-electron chi connectivity index (χ3n) is 9.17. The molecule has 0 N–H and O–H groups in total. The van der Waals surface area contributed by atoms with Crippen LogP contribution in [0.1, 0.15) is 0 Å². The van der Waals surface area contributed by atoms with Crippen molar-refractivity contribution in [3.05, 3.63) is 182 Å². The molecule has 0 saturated heterocycles. The van der Waals surface area contributed by atoms with Crippen LogP contribution in [-0.4, -0.2) is 4.57 Å². The standard InChI is InChI=1S/C44H30N2/c1-4-13-31(14-5-1)32-23-25-35(26-24-32)46(34-17-8-3-9-18-34)36-27-28-39-40-21-12-22-43-44(40)42(30-45(43)33-15-6-2-7-16-33)38-20-11-10-19-37(38)41(39)29-36/h1-30H. The molecule has 46 heavy (non-hydrogen) atoms. The lowest BCUT2D eigenvalue weighted by Crippen LogP contribution is -2.10. The van der Waals surface area contributed by atoms with Crippen molar-refractivity contribution in [2.45, 2.75) is 0 Å². The molecule has 0 amide bonds. The van der Waals surface area contributed by atoms with Gasteiger partial charge >= 0.3 is 0 Å². The fourth-order valence-corrected chi connectivity index (χ4v) is 7.06. The van der Waals surface area contributed by atoms with E-state index < -0.39 is 0 Å². The number of hydrogen-bond acceptors (Lipinski definition) is 1. The molecule has 0 unspecified atom stereocenters. The first-order chi connectivity index (χ1) is 22.8. The Morgan fingerprint density at radius 1 is 0.348 bits per heavy atom. The number of nitrogens with zero attached hydrogens (tertiary/aromatic N) is 2. The summed E-state index contributed by atoms with van der Waals surface area (Å²) in [5.74, 6) is 0. The van der Waals surface area contributed by atoms with Gasteiger partial charge in [0.15, 0.2) is 0 Å². The number of benzene rings is 7. The van der Waals surface area contributed by atoms with Gasteiger partial charge in [0.2, 0.25) is 0 Å². The largest absolute Gasteiger partial charge is 0.316 e. The maximum Gasteiger partial charge on any atom is 0.0541 e. The number of para-hydroxylation sites is 2. The minimum Gasteiger partial charge on any atom is -0.316 e. The van der Waals surface area contributed by atoms with E-state index in [0.29, 0.717) is 0 Å². The van der Waals surface area contributed by atoms with E-state index in [2.05, 4.69) is 192 Å². The summed E-state index contributed by atoms with van der Waals surface area (Å²) in [4.78, 5) is 2.36. The molecule has 2 nitrogen and oxygen atoms in total. The zero-order valence-electron chi connectivity index (χ0n) is 25.2. The molecule has 0 fully saturated rings. The fraction of sp³-hybridized carbons (Fsp3) is 0. The summed E-state index contributed by atoms with van der Waals surface area (Å²) in [5.41, 5.74) is 15.7. The predicted molar refractivity (Wildman–Crippen MR) is 193 cm³/mol. The zero-order chi connectivity index (χ0) is 30.5. The van der Waals surface area contributed by atoms with Crippen molar-refractivity contribution in [3.8, 4) is 50.2 Å². The average Bonchev–Trinajstić information content (AvgIpc) is 3.48. The molecule has 1 aliphatic carbocycles. The molecular formula is C44H30N2. The normalized spacial score (nSPS) is 11.5. The first-order valence-corrected chi connectivity index (χ1v) is 15.8. The highest BCUT2D eigenvalue weighted by molar-refractivity contribution is 6.14. The summed E-state index contributed by atoms with van der Waals surface area (Å²) in [6, 6.07) is 63.3. The summed E-state index contributed by atoms with van der Waals surface area (Å²) in [7, 11) is 0. The van der Waals surface area contributed by atoms with Gasteiger partial charge in [-0.15, -0.1) is 0 Å².